The molecule has 0 saturated heterocycles. The zero-order valence-electron chi connectivity index (χ0n) is 19.7. The number of carboxylic acids is 1. The molecule has 0 saturated carbocycles. The van der Waals surface area contributed by atoms with E-state index in [0.29, 0.717) is 17.1 Å². The standard InChI is InChI=1S/C29H24N2O5S/c32-26(19-36-24-9-5-2-6-10-24)30-22-15-17-25(18-16-22)37-27(20-7-3-1-4-8-20)28(33)31-23-13-11-21(12-14-23)29(34)35/h1-18,27H,19H2,(H,30,32)(H,31,33)(H,34,35). The minimum absolute atomic E-state index is 0.107. The number of carbonyl (C=O) groups is 3. The smallest absolute Gasteiger partial charge is 0.335 e. The summed E-state index contributed by atoms with van der Waals surface area (Å²) in [7, 11) is 0. The van der Waals surface area contributed by atoms with Crippen LogP contribution in [0.4, 0.5) is 11.4 Å². The van der Waals surface area contributed by atoms with Crippen molar-refractivity contribution in [2.24, 2.45) is 0 Å². The summed E-state index contributed by atoms with van der Waals surface area (Å²) in [4.78, 5) is 37.4. The number of hydrogen-bond acceptors (Lipinski definition) is 5. The van der Waals surface area contributed by atoms with Crippen molar-refractivity contribution < 1.29 is 24.2 Å². The minimum Gasteiger partial charge on any atom is -0.484 e. The lowest BCUT2D eigenvalue weighted by Gasteiger charge is -2.17. The fourth-order valence-electron chi connectivity index (χ4n) is 3.42. The zero-order valence-corrected chi connectivity index (χ0v) is 20.5. The second-order valence-electron chi connectivity index (χ2n) is 7.95. The number of carboxylic acid groups (broad SMARTS) is 1. The summed E-state index contributed by atoms with van der Waals surface area (Å²) in [6.07, 6.45) is 0. The van der Waals surface area contributed by atoms with E-state index in [-0.39, 0.29) is 24.0 Å². The van der Waals surface area contributed by atoms with Crippen molar-refractivity contribution in [3.63, 3.8) is 0 Å². The first-order valence-electron chi connectivity index (χ1n) is 11.4. The van der Waals surface area contributed by atoms with E-state index in [1.807, 2.05) is 60.7 Å². The van der Waals surface area contributed by atoms with Gasteiger partial charge < -0.3 is 20.5 Å². The van der Waals surface area contributed by atoms with Gasteiger partial charge in [-0.05, 0) is 66.2 Å². The lowest BCUT2D eigenvalue weighted by molar-refractivity contribution is -0.118. The first kappa shape index (κ1) is 25.5. The molecule has 0 aliphatic rings. The van der Waals surface area contributed by atoms with Gasteiger partial charge in [-0.3, -0.25) is 9.59 Å². The molecule has 1 unspecified atom stereocenters. The average Bonchev–Trinajstić information content (AvgIpc) is 2.93. The third-order valence-electron chi connectivity index (χ3n) is 5.24. The fourth-order valence-corrected chi connectivity index (χ4v) is 4.44. The Balaban J connectivity index is 1.40. The van der Waals surface area contributed by atoms with Gasteiger partial charge in [0.1, 0.15) is 11.0 Å². The normalized spacial score (nSPS) is 11.2. The number of benzene rings is 4. The van der Waals surface area contributed by atoms with Crippen LogP contribution in [0.3, 0.4) is 0 Å². The topological polar surface area (TPSA) is 105 Å². The van der Waals surface area contributed by atoms with Crippen LogP contribution in [0.2, 0.25) is 0 Å². The maximum absolute atomic E-state index is 13.2. The monoisotopic (exact) mass is 512 g/mol. The SMILES string of the molecule is O=C(COc1ccccc1)Nc1ccc(SC(C(=O)Nc2ccc(C(=O)O)cc2)c2ccccc2)cc1. The van der Waals surface area contributed by atoms with E-state index in [1.54, 1.807) is 36.4 Å². The van der Waals surface area contributed by atoms with E-state index < -0.39 is 11.2 Å². The molecule has 7 nitrogen and oxygen atoms in total. The van der Waals surface area contributed by atoms with E-state index >= 15 is 0 Å². The van der Waals surface area contributed by atoms with Crippen LogP contribution < -0.4 is 15.4 Å². The molecular formula is C29H24N2O5S. The molecule has 0 heterocycles. The first-order chi connectivity index (χ1) is 18.0. The van der Waals surface area contributed by atoms with E-state index in [9.17, 15) is 14.4 Å². The van der Waals surface area contributed by atoms with Crippen LogP contribution in [0.25, 0.3) is 0 Å². The lowest BCUT2D eigenvalue weighted by atomic mass is 10.1. The van der Waals surface area contributed by atoms with Crippen LogP contribution in [0.1, 0.15) is 21.2 Å². The highest BCUT2D eigenvalue weighted by Crippen LogP contribution is 2.36. The highest BCUT2D eigenvalue weighted by Gasteiger charge is 2.22. The van der Waals surface area contributed by atoms with Gasteiger partial charge in [0.25, 0.3) is 5.91 Å². The van der Waals surface area contributed by atoms with Gasteiger partial charge in [-0.15, -0.1) is 11.8 Å². The van der Waals surface area contributed by atoms with Crippen LogP contribution in [0, 0.1) is 0 Å². The molecule has 4 aromatic rings. The zero-order chi connectivity index (χ0) is 26.0. The van der Waals surface area contributed by atoms with Crippen LogP contribution in [-0.4, -0.2) is 29.5 Å². The van der Waals surface area contributed by atoms with Crippen LogP contribution in [0.15, 0.2) is 114 Å². The van der Waals surface area contributed by atoms with Crippen molar-refractivity contribution in [3.05, 3.63) is 120 Å². The average molecular weight is 513 g/mol. The molecule has 1 atom stereocenters. The number of aromatic carboxylic acids is 1. The quantitative estimate of drug-likeness (QED) is 0.229. The van der Waals surface area contributed by atoms with Gasteiger partial charge in [-0.1, -0.05) is 48.5 Å². The molecule has 0 radical (unpaired) electrons. The molecule has 0 spiro atoms. The van der Waals surface area contributed by atoms with Crippen LogP contribution in [-0.2, 0) is 9.59 Å². The Kier molecular flexibility index (Phi) is 8.57. The molecule has 2 amide bonds. The van der Waals surface area contributed by atoms with Crippen LogP contribution in [0.5, 0.6) is 5.75 Å². The van der Waals surface area contributed by atoms with Crippen molar-refractivity contribution in [1.82, 2.24) is 0 Å². The Morgan fingerprint density at radius 3 is 1.92 bits per heavy atom. The third-order valence-corrected chi connectivity index (χ3v) is 6.51. The molecule has 0 bridgehead atoms. The summed E-state index contributed by atoms with van der Waals surface area (Å²) in [6.45, 7) is -0.107. The van der Waals surface area contributed by atoms with Gasteiger partial charge in [0.2, 0.25) is 5.91 Å². The van der Waals surface area contributed by atoms with Crippen molar-refractivity contribution in [2.45, 2.75) is 10.1 Å². The van der Waals surface area contributed by atoms with Crippen molar-refractivity contribution in [3.8, 4) is 5.75 Å². The predicted molar refractivity (Wildman–Crippen MR) is 144 cm³/mol. The molecule has 0 aliphatic carbocycles. The van der Waals surface area contributed by atoms with E-state index in [2.05, 4.69) is 10.6 Å². The fraction of sp³-hybridized carbons (Fsp3) is 0.0690. The van der Waals surface area contributed by atoms with Gasteiger partial charge in [0, 0.05) is 16.3 Å². The minimum atomic E-state index is -1.03. The number of thioether (sulfide) groups is 1. The highest BCUT2D eigenvalue weighted by molar-refractivity contribution is 8.00. The van der Waals surface area contributed by atoms with E-state index in [4.69, 9.17) is 9.84 Å². The summed E-state index contributed by atoms with van der Waals surface area (Å²) < 4.78 is 5.47. The number of rotatable bonds is 10. The van der Waals surface area contributed by atoms with Crippen molar-refractivity contribution in [1.29, 1.82) is 0 Å². The molecule has 186 valence electrons. The van der Waals surface area contributed by atoms with Crippen molar-refractivity contribution >= 4 is 40.9 Å². The molecule has 4 aromatic carbocycles. The summed E-state index contributed by atoms with van der Waals surface area (Å²) >= 11 is 1.37. The number of hydrogen-bond donors (Lipinski definition) is 3. The molecule has 3 N–H and O–H groups in total. The molecule has 4 rings (SSSR count). The summed E-state index contributed by atoms with van der Waals surface area (Å²) in [5.41, 5.74) is 2.09. The molecule has 0 aromatic heterocycles. The lowest BCUT2D eigenvalue weighted by Crippen LogP contribution is -2.20. The third kappa shape index (κ3) is 7.46. The van der Waals surface area contributed by atoms with E-state index in [1.165, 1.54) is 23.9 Å². The number of ether oxygens (including phenoxy) is 1. The first-order valence-corrected chi connectivity index (χ1v) is 12.3. The highest BCUT2D eigenvalue weighted by atomic mass is 32.2. The Bertz CT molecular complexity index is 1340. The Morgan fingerprint density at radius 2 is 1.30 bits per heavy atom. The number of anilines is 2. The van der Waals surface area contributed by atoms with Gasteiger partial charge in [0.15, 0.2) is 6.61 Å². The molecular weight excluding hydrogens is 488 g/mol. The summed E-state index contributed by atoms with van der Waals surface area (Å²) in [5.74, 6) is -0.930. The number of amides is 2. The second-order valence-corrected chi connectivity index (χ2v) is 9.13. The predicted octanol–water partition coefficient (Wildman–Crippen LogP) is 5.87. The van der Waals surface area contributed by atoms with Gasteiger partial charge in [-0.25, -0.2) is 4.79 Å². The Labute approximate surface area is 218 Å². The maximum Gasteiger partial charge on any atom is 0.335 e. The number of nitrogens with one attached hydrogen (secondary N) is 2. The summed E-state index contributed by atoms with van der Waals surface area (Å²) in [6, 6.07) is 31.7. The molecule has 0 fully saturated rings. The number of para-hydroxylation sites is 1. The number of carbonyl (C=O) groups excluding carboxylic acids is 2. The molecule has 0 aliphatic heterocycles. The van der Waals surface area contributed by atoms with E-state index in [0.717, 1.165) is 10.5 Å². The van der Waals surface area contributed by atoms with Gasteiger partial charge >= 0.3 is 5.97 Å². The van der Waals surface area contributed by atoms with Gasteiger partial charge in [0.05, 0.1) is 5.56 Å². The largest absolute Gasteiger partial charge is 0.484 e. The van der Waals surface area contributed by atoms with Crippen molar-refractivity contribution in [2.75, 3.05) is 17.2 Å². The molecule has 37 heavy (non-hydrogen) atoms. The van der Waals surface area contributed by atoms with Gasteiger partial charge in [-0.2, -0.15) is 0 Å². The Morgan fingerprint density at radius 1 is 0.730 bits per heavy atom. The summed E-state index contributed by atoms with van der Waals surface area (Å²) in [5, 5.41) is 14.2. The second kappa shape index (κ2) is 12.4. The molecule has 8 heteroatoms. The van der Waals surface area contributed by atoms with Crippen LogP contribution >= 0.6 is 11.8 Å². The maximum atomic E-state index is 13.2. The Hall–Kier alpha value is -4.56.